The molecule has 0 heterocycles. The molecule has 0 radical (unpaired) electrons. The normalized spacial score (nSPS) is 17.8. The van der Waals surface area contributed by atoms with E-state index in [1.165, 1.54) is 18.2 Å². The minimum absolute atomic E-state index is 0.146. The Balaban J connectivity index is 2.37. The summed E-state index contributed by atoms with van der Waals surface area (Å²) < 4.78 is 5.49. The molecule has 0 aromatic rings. The second-order valence-corrected chi connectivity index (χ2v) is 12.5. The topological polar surface area (TPSA) is 43.4 Å². The molecule has 21 heavy (non-hydrogen) atoms. The first-order valence-electron chi connectivity index (χ1n) is 7.45. The monoisotopic (exact) mass is 306 g/mol. The average molecular weight is 306 g/mol. The van der Waals surface area contributed by atoms with E-state index in [-0.39, 0.29) is 17.3 Å². The van der Waals surface area contributed by atoms with Gasteiger partial charge in [-0.1, -0.05) is 38.7 Å². The second kappa shape index (κ2) is 7.55. The number of hydrogen-bond acceptors (Lipinski definition) is 3. The van der Waals surface area contributed by atoms with Crippen LogP contribution in [0.1, 0.15) is 20.3 Å². The van der Waals surface area contributed by atoms with Crippen molar-refractivity contribution in [2.24, 2.45) is 5.92 Å². The van der Waals surface area contributed by atoms with E-state index in [4.69, 9.17) is 4.74 Å². The van der Waals surface area contributed by atoms with Gasteiger partial charge in [0.1, 0.15) is 0 Å². The maximum Gasteiger partial charge on any atom is 0.220 e. The number of allylic oxidation sites excluding steroid dienone is 5. The van der Waals surface area contributed by atoms with E-state index in [2.05, 4.69) is 38.7 Å². The van der Waals surface area contributed by atoms with Crippen molar-refractivity contribution in [2.75, 3.05) is 6.61 Å². The van der Waals surface area contributed by atoms with Gasteiger partial charge in [-0.3, -0.25) is 9.59 Å². The van der Waals surface area contributed by atoms with E-state index >= 15 is 0 Å². The molecule has 0 aromatic heterocycles. The third-order valence-corrected chi connectivity index (χ3v) is 4.66. The minimum Gasteiger partial charge on any atom is -0.489 e. The van der Waals surface area contributed by atoms with Gasteiger partial charge >= 0.3 is 0 Å². The van der Waals surface area contributed by atoms with Gasteiger partial charge in [-0.15, -0.1) is 0 Å². The third kappa shape index (κ3) is 6.71. The molecule has 3 nitrogen and oxygen atoms in total. The second-order valence-electron chi connectivity index (χ2n) is 6.95. The molecule has 0 saturated heterocycles. The summed E-state index contributed by atoms with van der Waals surface area (Å²) in [5, 5.41) is 0. The summed E-state index contributed by atoms with van der Waals surface area (Å²) in [5.74, 6) is 0.128. The van der Waals surface area contributed by atoms with Crippen molar-refractivity contribution < 1.29 is 14.3 Å². The van der Waals surface area contributed by atoms with Crippen LogP contribution in [0.3, 0.4) is 0 Å². The van der Waals surface area contributed by atoms with Gasteiger partial charge in [0, 0.05) is 19.7 Å². The van der Waals surface area contributed by atoms with Crippen molar-refractivity contribution in [1.29, 1.82) is 0 Å². The summed E-state index contributed by atoms with van der Waals surface area (Å²) in [4.78, 5) is 23.2. The Hall–Kier alpha value is -1.42. The Kier molecular flexibility index (Phi) is 6.34. The molecule has 1 aliphatic carbocycles. The van der Waals surface area contributed by atoms with Gasteiger partial charge in [-0.05, 0) is 31.4 Å². The Morgan fingerprint density at radius 2 is 1.81 bits per heavy atom. The molecule has 0 bridgehead atoms. The van der Waals surface area contributed by atoms with E-state index in [0.717, 1.165) is 6.42 Å². The minimum atomic E-state index is -1.01. The van der Waals surface area contributed by atoms with Crippen LogP contribution < -0.4 is 0 Å². The van der Waals surface area contributed by atoms with Gasteiger partial charge in [0.2, 0.25) is 5.78 Å². The Bertz CT molecular complexity index is 493. The number of carbonyl (C=O) groups is 2. The highest BCUT2D eigenvalue weighted by Gasteiger charge is 2.19. The van der Waals surface area contributed by atoms with Gasteiger partial charge in [0.25, 0.3) is 0 Å². The van der Waals surface area contributed by atoms with Crippen molar-refractivity contribution in [3.63, 3.8) is 0 Å². The first kappa shape index (κ1) is 17.6. The molecule has 0 aliphatic heterocycles. The quantitative estimate of drug-likeness (QED) is 0.407. The third-order valence-electron chi connectivity index (χ3n) is 3.20. The summed E-state index contributed by atoms with van der Waals surface area (Å²) in [6.45, 7) is 11.2. The summed E-state index contributed by atoms with van der Waals surface area (Å²) in [7, 11) is -1.01. The summed E-state index contributed by atoms with van der Waals surface area (Å²) in [5.41, 5.74) is 0.467. The molecule has 1 rings (SSSR count). The summed E-state index contributed by atoms with van der Waals surface area (Å²) >= 11 is 0. The smallest absolute Gasteiger partial charge is 0.220 e. The first-order valence-corrected chi connectivity index (χ1v) is 11.2. The molecular weight excluding hydrogens is 280 g/mol. The van der Waals surface area contributed by atoms with Gasteiger partial charge in [0.05, 0.1) is 6.61 Å². The molecule has 0 fully saturated rings. The first-order chi connectivity index (χ1) is 9.69. The maximum absolute atomic E-state index is 11.7. The molecule has 0 spiro atoms. The molecule has 116 valence electrons. The van der Waals surface area contributed by atoms with E-state index < -0.39 is 8.07 Å². The van der Waals surface area contributed by atoms with Gasteiger partial charge in [-0.2, -0.15) is 0 Å². The highest BCUT2D eigenvalue weighted by atomic mass is 28.3. The van der Waals surface area contributed by atoms with Crippen molar-refractivity contribution in [2.45, 2.75) is 46.0 Å². The SMILES string of the molecule is CC1=CC(=O)C(OCC(C)C/C=C\C[Si](C)(C)C)=CC1=O. The van der Waals surface area contributed by atoms with Crippen molar-refractivity contribution in [3.05, 3.63) is 35.6 Å². The molecular formula is C17H26O3Si. The van der Waals surface area contributed by atoms with Crippen molar-refractivity contribution in [1.82, 2.24) is 0 Å². The lowest BCUT2D eigenvalue weighted by Gasteiger charge is -2.15. The van der Waals surface area contributed by atoms with Gasteiger partial charge < -0.3 is 4.74 Å². The highest BCUT2D eigenvalue weighted by molar-refractivity contribution is 6.76. The zero-order valence-electron chi connectivity index (χ0n) is 13.7. The van der Waals surface area contributed by atoms with Crippen molar-refractivity contribution in [3.8, 4) is 0 Å². The van der Waals surface area contributed by atoms with E-state index in [1.54, 1.807) is 6.92 Å². The zero-order valence-corrected chi connectivity index (χ0v) is 14.7. The van der Waals surface area contributed by atoms with Crippen LogP contribution >= 0.6 is 0 Å². The lowest BCUT2D eigenvalue weighted by molar-refractivity contribution is -0.117. The number of ketones is 2. The summed E-state index contributed by atoms with van der Waals surface area (Å²) in [6.07, 6.45) is 8.01. The predicted molar refractivity (Wildman–Crippen MR) is 88.9 cm³/mol. The Morgan fingerprint density at radius 1 is 1.14 bits per heavy atom. The molecule has 1 unspecified atom stereocenters. The standard InChI is InChI=1S/C17H26O3Si/c1-13(8-6-7-9-21(3,4)5)12-20-17-11-15(18)14(2)10-16(17)19/h6-7,10-11,13H,8-9,12H2,1-5H3/b7-6-. The fourth-order valence-electron chi connectivity index (χ4n) is 1.82. The largest absolute Gasteiger partial charge is 0.489 e. The van der Waals surface area contributed by atoms with Crippen LogP contribution in [0.2, 0.25) is 25.7 Å². The fourth-order valence-corrected chi connectivity index (χ4v) is 2.70. The number of rotatable bonds is 7. The molecule has 0 aromatic carbocycles. The molecule has 1 aliphatic rings. The fraction of sp³-hybridized carbons (Fsp3) is 0.529. The average Bonchev–Trinajstić information content (AvgIpc) is 2.36. The number of hydrogen-bond donors (Lipinski definition) is 0. The van der Waals surface area contributed by atoms with E-state index in [1.807, 2.05) is 0 Å². The van der Waals surface area contributed by atoms with E-state index in [0.29, 0.717) is 18.1 Å². The lowest BCUT2D eigenvalue weighted by atomic mass is 10.0. The van der Waals surface area contributed by atoms with Gasteiger partial charge in [-0.25, -0.2) is 0 Å². The maximum atomic E-state index is 11.7. The molecule has 1 atom stereocenters. The van der Waals surface area contributed by atoms with Gasteiger partial charge in [0.15, 0.2) is 11.5 Å². The van der Waals surface area contributed by atoms with Crippen LogP contribution in [0.15, 0.2) is 35.6 Å². The predicted octanol–water partition coefficient (Wildman–Crippen LogP) is 3.91. The molecule has 0 N–H and O–H groups in total. The van der Waals surface area contributed by atoms with Crippen LogP contribution in [0.5, 0.6) is 0 Å². The van der Waals surface area contributed by atoms with Crippen LogP contribution in [0, 0.1) is 5.92 Å². The van der Waals surface area contributed by atoms with Crippen LogP contribution in [-0.2, 0) is 14.3 Å². The Labute approximate surface area is 128 Å². The number of ether oxygens (including phenoxy) is 1. The summed E-state index contributed by atoms with van der Waals surface area (Å²) in [6, 6.07) is 1.18. The van der Waals surface area contributed by atoms with Crippen molar-refractivity contribution >= 4 is 19.6 Å². The molecule has 0 saturated carbocycles. The van der Waals surface area contributed by atoms with Crippen LogP contribution in [0.4, 0.5) is 0 Å². The van der Waals surface area contributed by atoms with E-state index in [9.17, 15) is 9.59 Å². The molecule has 0 amide bonds. The van der Waals surface area contributed by atoms with Crippen LogP contribution in [0.25, 0.3) is 0 Å². The number of carbonyl (C=O) groups excluding carboxylic acids is 2. The molecule has 4 heteroatoms. The van der Waals surface area contributed by atoms with Crippen LogP contribution in [-0.4, -0.2) is 26.2 Å². The zero-order chi connectivity index (χ0) is 16.0. The lowest BCUT2D eigenvalue weighted by Crippen LogP contribution is -2.17. The highest BCUT2D eigenvalue weighted by Crippen LogP contribution is 2.15. The Morgan fingerprint density at radius 3 is 2.43 bits per heavy atom.